The van der Waals surface area contributed by atoms with Crippen molar-refractivity contribution in [2.24, 2.45) is 0 Å². The molecule has 0 bridgehead atoms. The lowest BCUT2D eigenvalue weighted by Crippen LogP contribution is -1.93. The summed E-state index contributed by atoms with van der Waals surface area (Å²) < 4.78 is 0. The van der Waals surface area contributed by atoms with Crippen LogP contribution in [-0.2, 0) is 4.79 Å². The van der Waals surface area contributed by atoms with Gasteiger partial charge in [0.25, 0.3) is 0 Å². The van der Waals surface area contributed by atoms with Crippen LogP contribution in [0.2, 0.25) is 0 Å². The van der Waals surface area contributed by atoms with E-state index >= 15 is 0 Å². The molecule has 0 atom stereocenters. The molecule has 0 aliphatic carbocycles. The third-order valence-electron chi connectivity index (χ3n) is 3.49. The fraction of sp³-hybridized carbons (Fsp3) is 0.650. The molecule has 0 saturated heterocycles. The van der Waals surface area contributed by atoms with Crippen molar-refractivity contribution >= 4 is 5.97 Å². The van der Waals surface area contributed by atoms with E-state index in [0.717, 1.165) is 44.9 Å². The lowest BCUT2D eigenvalue weighted by atomic mass is 10.1. The lowest BCUT2D eigenvalue weighted by Gasteiger charge is -1.96. The molecule has 0 saturated carbocycles. The molecule has 22 heavy (non-hydrogen) atoms. The maximum Gasteiger partial charge on any atom is 0.303 e. The number of aliphatic carboxylic acids is 1. The topological polar surface area (TPSA) is 37.3 Å². The zero-order valence-corrected chi connectivity index (χ0v) is 14.3. The third kappa shape index (κ3) is 18.7. The Balaban J connectivity index is 3.23. The molecule has 0 fully saturated rings. The van der Waals surface area contributed by atoms with E-state index in [2.05, 4.69) is 43.4 Å². The van der Waals surface area contributed by atoms with Crippen LogP contribution in [0.4, 0.5) is 0 Å². The Morgan fingerprint density at radius 1 is 0.682 bits per heavy atom. The Kier molecular flexibility index (Phi) is 16.7. The second-order valence-electron chi connectivity index (χ2n) is 5.68. The van der Waals surface area contributed by atoms with E-state index in [9.17, 15) is 4.79 Å². The largest absolute Gasteiger partial charge is 0.481 e. The van der Waals surface area contributed by atoms with Crippen LogP contribution in [0.1, 0.15) is 84.0 Å². The average Bonchev–Trinajstić information content (AvgIpc) is 2.50. The summed E-state index contributed by atoms with van der Waals surface area (Å²) in [5.74, 6) is -0.676. The van der Waals surface area contributed by atoms with E-state index in [1.165, 1.54) is 25.7 Å². The summed E-state index contributed by atoms with van der Waals surface area (Å²) in [6.07, 6.45) is 26.3. The summed E-state index contributed by atoms with van der Waals surface area (Å²) in [4.78, 5) is 10.3. The monoisotopic (exact) mass is 306 g/mol. The number of rotatable bonds is 15. The highest BCUT2D eigenvalue weighted by Gasteiger charge is 1.95. The van der Waals surface area contributed by atoms with Crippen molar-refractivity contribution < 1.29 is 9.90 Å². The summed E-state index contributed by atoms with van der Waals surface area (Å²) in [6, 6.07) is 0. The summed E-state index contributed by atoms with van der Waals surface area (Å²) in [6.45, 7) is 2.17. The van der Waals surface area contributed by atoms with Gasteiger partial charge < -0.3 is 5.11 Å². The summed E-state index contributed by atoms with van der Waals surface area (Å²) in [7, 11) is 0. The molecule has 1 N–H and O–H groups in total. The van der Waals surface area contributed by atoms with Crippen molar-refractivity contribution in [3.63, 3.8) is 0 Å². The first-order valence-corrected chi connectivity index (χ1v) is 8.94. The van der Waals surface area contributed by atoms with Gasteiger partial charge in [0.05, 0.1) is 0 Å². The van der Waals surface area contributed by atoms with Gasteiger partial charge in [-0.1, -0.05) is 56.2 Å². The first-order chi connectivity index (χ1) is 10.8. The molecule has 2 nitrogen and oxygen atoms in total. The molecular weight excluding hydrogens is 272 g/mol. The van der Waals surface area contributed by atoms with E-state index in [-0.39, 0.29) is 0 Å². The van der Waals surface area contributed by atoms with Crippen LogP contribution < -0.4 is 0 Å². The van der Waals surface area contributed by atoms with Crippen molar-refractivity contribution in [2.45, 2.75) is 84.0 Å². The van der Waals surface area contributed by atoms with Crippen molar-refractivity contribution in [1.82, 2.24) is 0 Å². The molecule has 2 heteroatoms. The molecule has 0 aromatic carbocycles. The molecule has 0 unspecified atom stereocenters. The second kappa shape index (κ2) is 17.7. The third-order valence-corrected chi connectivity index (χ3v) is 3.49. The minimum Gasteiger partial charge on any atom is -0.481 e. The molecule has 0 radical (unpaired) electrons. The zero-order chi connectivity index (χ0) is 16.3. The van der Waals surface area contributed by atoms with E-state index < -0.39 is 5.97 Å². The number of carboxylic acids is 1. The van der Waals surface area contributed by atoms with Crippen LogP contribution in [0.5, 0.6) is 0 Å². The van der Waals surface area contributed by atoms with E-state index in [1.54, 1.807) is 0 Å². The van der Waals surface area contributed by atoms with Gasteiger partial charge in [-0.25, -0.2) is 0 Å². The Hall–Kier alpha value is -1.31. The number of hydrogen-bond donors (Lipinski definition) is 1. The fourth-order valence-corrected chi connectivity index (χ4v) is 2.19. The van der Waals surface area contributed by atoms with Gasteiger partial charge in [0.2, 0.25) is 0 Å². The molecule has 0 rings (SSSR count). The summed E-state index contributed by atoms with van der Waals surface area (Å²) in [5.41, 5.74) is 0. The molecular formula is C20H34O2. The highest BCUT2D eigenvalue weighted by Crippen LogP contribution is 2.06. The summed E-state index contributed by atoms with van der Waals surface area (Å²) in [5, 5.41) is 8.52. The lowest BCUT2D eigenvalue weighted by molar-refractivity contribution is -0.137. The first kappa shape index (κ1) is 20.7. The van der Waals surface area contributed by atoms with Crippen molar-refractivity contribution in [3.05, 3.63) is 36.5 Å². The molecule has 126 valence electrons. The van der Waals surface area contributed by atoms with E-state index in [1.807, 2.05) is 0 Å². The number of carbonyl (C=O) groups is 1. The molecule has 0 aromatic rings. The SMILES string of the molecule is CCC=CCCCC=CCCC=CCCCCCCC(=O)O. The Morgan fingerprint density at radius 3 is 1.77 bits per heavy atom. The minimum atomic E-state index is -0.676. The smallest absolute Gasteiger partial charge is 0.303 e. The summed E-state index contributed by atoms with van der Waals surface area (Å²) >= 11 is 0. The minimum absolute atomic E-state index is 0.317. The van der Waals surface area contributed by atoms with Crippen molar-refractivity contribution in [3.8, 4) is 0 Å². The molecule has 0 aliphatic heterocycles. The number of carboxylic acid groups (broad SMARTS) is 1. The highest BCUT2D eigenvalue weighted by molar-refractivity contribution is 5.66. The molecule has 0 heterocycles. The van der Waals surface area contributed by atoms with E-state index in [4.69, 9.17) is 5.11 Å². The van der Waals surface area contributed by atoms with Crippen LogP contribution in [0, 0.1) is 0 Å². The van der Waals surface area contributed by atoms with Crippen LogP contribution in [0.15, 0.2) is 36.5 Å². The van der Waals surface area contributed by atoms with Gasteiger partial charge in [0, 0.05) is 6.42 Å². The van der Waals surface area contributed by atoms with Crippen molar-refractivity contribution in [1.29, 1.82) is 0 Å². The van der Waals surface area contributed by atoms with Gasteiger partial charge in [0.15, 0.2) is 0 Å². The van der Waals surface area contributed by atoms with Gasteiger partial charge >= 0.3 is 5.97 Å². The maximum atomic E-state index is 10.3. The Labute approximate surface area is 137 Å². The van der Waals surface area contributed by atoms with E-state index in [0.29, 0.717) is 6.42 Å². The zero-order valence-electron chi connectivity index (χ0n) is 14.3. The van der Waals surface area contributed by atoms with Gasteiger partial charge in [-0.15, -0.1) is 0 Å². The predicted molar refractivity (Wildman–Crippen MR) is 96.1 cm³/mol. The van der Waals surface area contributed by atoms with Crippen LogP contribution in [0.3, 0.4) is 0 Å². The quantitative estimate of drug-likeness (QED) is 0.279. The maximum absolute atomic E-state index is 10.3. The number of allylic oxidation sites excluding steroid dienone is 6. The van der Waals surface area contributed by atoms with Gasteiger partial charge in [0.1, 0.15) is 0 Å². The molecule has 0 aromatic heterocycles. The fourth-order valence-electron chi connectivity index (χ4n) is 2.19. The molecule has 0 amide bonds. The van der Waals surface area contributed by atoms with Crippen LogP contribution in [-0.4, -0.2) is 11.1 Å². The predicted octanol–water partition coefficient (Wildman–Crippen LogP) is 6.44. The molecule has 0 aliphatic rings. The second-order valence-corrected chi connectivity index (χ2v) is 5.68. The normalized spacial score (nSPS) is 12.0. The highest BCUT2D eigenvalue weighted by atomic mass is 16.4. The molecule has 0 spiro atoms. The van der Waals surface area contributed by atoms with Gasteiger partial charge in [-0.2, -0.15) is 0 Å². The van der Waals surface area contributed by atoms with Gasteiger partial charge in [-0.05, 0) is 57.8 Å². The number of unbranched alkanes of at least 4 members (excludes halogenated alkanes) is 7. The first-order valence-electron chi connectivity index (χ1n) is 8.94. The van der Waals surface area contributed by atoms with Crippen LogP contribution >= 0.6 is 0 Å². The Bertz CT molecular complexity index is 327. The average molecular weight is 306 g/mol. The van der Waals surface area contributed by atoms with Crippen LogP contribution in [0.25, 0.3) is 0 Å². The van der Waals surface area contributed by atoms with Gasteiger partial charge in [-0.3, -0.25) is 4.79 Å². The standard InChI is InChI=1S/C20H34O2/c1-2-3-4-5-6-7-8-9-10-11-12-13-14-15-16-17-18-19-20(21)22/h3-4,8-9,12-13H,2,5-7,10-11,14-19H2,1H3,(H,21,22). The Morgan fingerprint density at radius 2 is 1.18 bits per heavy atom. The number of hydrogen-bond acceptors (Lipinski definition) is 1. The van der Waals surface area contributed by atoms with Crippen molar-refractivity contribution in [2.75, 3.05) is 0 Å².